The van der Waals surface area contributed by atoms with Crippen molar-refractivity contribution in [3.05, 3.63) is 21.6 Å². The molecule has 0 saturated heterocycles. The van der Waals surface area contributed by atoms with Crippen LogP contribution in [-0.4, -0.2) is 6.10 Å². The molecule has 0 amide bonds. The van der Waals surface area contributed by atoms with E-state index < -0.39 is 0 Å². The molecule has 2 N–H and O–H groups in total. The Bertz CT molecular complexity index is 379. The lowest BCUT2D eigenvalue weighted by Crippen LogP contribution is -2.23. The van der Waals surface area contributed by atoms with Gasteiger partial charge in [0.25, 0.3) is 0 Å². The van der Waals surface area contributed by atoms with Crippen molar-refractivity contribution in [3.8, 4) is 5.75 Å². The minimum Gasteiger partial charge on any atom is -0.487 e. The Morgan fingerprint density at radius 1 is 1.29 bits per heavy atom. The molecule has 0 unspecified atom stereocenters. The molecule has 94 valence electrons. The fourth-order valence-corrected chi connectivity index (χ4v) is 3.15. The van der Waals surface area contributed by atoms with E-state index in [2.05, 4.69) is 22.9 Å². The van der Waals surface area contributed by atoms with Crippen molar-refractivity contribution in [1.82, 2.24) is 0 Å². The van der Waals surface area contributed by atoms with Gasteiger partial charge in [0.15, 0.2) is 5.75 Å². The lowest BCUT2D eigenvalue weighted by Gasteiger charge is -2.27. The SMILES string of the molecule is CC1CCC(Oc2c(N)cc(Cl)cc2Br)CC1. The monoisotopic (exact) mass is 317 g/mol. The molecule has 0 bridgehead atoms. The predicted molar refractivity (Wildman–Crippen MR) is 75.6 cm³/mol. The van der Waals surface area contributed by atoms with E-state index in [0.29, 0.717) is 10.7 Å². The van der Waals surface area contributed by atoms with E-state index in [4.69, 9.17) is 22.1 Å². The van der Waals surface area contributed by atoms with Crippen molar-refractivity contribution in [2.24, 2.45) is 5.92 Å². The normalized spacial score (nSPS) is 24.6. The van der Waals surface area contributed by atoms with Crippen LogP contribution in [0.4, 0.5) is 5.69 Å². The number of ether oxygens (including phenoxy) is 1. The zero-order valence-corrected chi connectivity index (χ0v) is 12.2. The molecule has 1 aliphatic carbocycles. The molecule has 4 heteroatoms. The maximum absolute atomic E-state index is 5.99. The lowest BCUT2D eigenvalue weighted by molar-refractivity contribution is 0.135. The largest absolute Gasteiger partial charge is 0.487 e. The molecule has 17 heavy (non-hydrogen) atoms. The molecular weight excluding hydrogens is 302 g/mol. The van der Waals surface area contributed by atoms with Gasteiger partial charge in [0, 0.05) is 5.02 Å². The molecule has 2 nitrogen and oxygen atoms in total. The highest BCUT2D eigenvalue weighted by atomic mass is 79.9. The summed E-state index contributed by atoms with van der Waals surface area (Å²) in [6.45, 7) is 2.29. The minimum atomic E-state index is 0.283. The Balaban J connectivity index is 2.08. The number of nitrogens with two attached hydrogens (primary N) is 1. The number of rotatable bonds is 2. The standard InChI is InChI=1S/C13H17BrClNO/c1-8-2-4-10(5-3-8)17-13-11(14)6-9(15)7-12(13)16/h6-8,10H,2-5,16H2,1H3. The summed E-state index contributed by atoms with van der Waals surface area (Å²) in [7, 11) is 0. The molecular formula is C13H17BrClNO. The van der Waals surface area contributed by atoms with E-state index in [-0.39, 0.29) is 6.10 Å². The summed E-state index contributed by atoms with van der Waals surface area (Å²) in [6, 6.07) is 3.55. The Morgan fingerprint density at radius 2 is 1.94 bits per heavy atom. The summed E-state index contributed by atoms with van der Waals surface area (Å²) in [4.78, 5) is 0. The van der Waals surface area contributed by atoms with Gasteiger partial charge in [-0.3, -0.25) is 0 Å². The van der Waals surface area contributed by atoms with Gasteiger partial charge in [-0.1, -0.05) is 18.5 Å². The summed E-state index contributed by atoms with van der Waals surface area (Å²) in [5, 5.41) is 0.624. The molecule has 1 saturated carbocycles. The van der Waals surface area contributed by atoms with Crippen LogP contribution < -0.4 is 10.5 Å². The summed E-state index contributed by atoms with van der Waals surface area (Å²) < 4.78 is 6.82. The molecule has 1 aliphatic rings. The van der Waals surface area contributed by atoms with E-state index in [1.54, 1.807) is 6.07 Å². The topological polar surface area (TPSA) is 35.2 Å². The lowest BCUT2D eigenvalue weighted by atomic mass is 9.89. The number of hydrogen-bond donors (Lipinski definition) is 1. The second kappa shape index (κ2) is 5.49. The molecule has 1 aromatic rings. The van der Waals surface area contributed by atoms with Crippen molar-refractivity contribution in [2.45, 2.75) is 38.7 Å². The smallest absolute Gasteiger partial charge is 0.156 e. The van der Waals surface area contributed by atoms with Gasteiger partial charge in [0.05, 0.1) is 16.3 Å². The molecule has 0 radical (unpaired) electrons. The van der Waals surface area contributed by atoms with E-state index in [1.165, 1.54) is 12.8 Å². The van der Waals surface area contributed by atoms with E-state index in [1.807, 2.05) is 6.07 Å². The van der Waals surface area contributed by atoms with Crippen molar-refractivity contribution < 1.29 is 4.74 Å². The maximum Gasteiger partial charge on any atom is 0.156 e. The summed E-state index contributed by atoms with van der Waals surface area (Å²) in [5.41, 5.74) is 6.53. The van der Waals surface area contributed by atoms with Crippen molar-refractivity contribution >= 4 is 33.2 Å². The first kappa shape index (κ1) is 13.0. The minimum absolute atomic E-state index is 0.283. The second-order valence-corrected chi connectivity index (χ2v) is 6.10. The van der Waals surface area contributed by atoms with Crippen LogP contribution in [0.1, 0.15) is 32.6 Å². The van der Waals surface area contributed by atoms with Crippen molar-refractivity contribution in [2.75, 3.05) is 5.73 Å². The van der Waals surface area contributed by atoms with Gasteiger partial charge in [-0.2, -0.15) is 0 Å². The molecule has 1 fully saturated rings. The third-order valence-corrected chi connectivity index (χ3v) is 4.09. The molecule has 0 spiro atoms. The van der Waals surface area contributed by atoms with Gasteiger partial charge in [-0.15, -0.1) is 0 Å². The zero-order chi connectivity index (χ0) is 12.4. The molecule has 0 atom stereocenters. The highest BCUT2D eigenvalue weighted by Gasteiger charge is 2.21. The molecule has 0 heterocycles. The van der Waals surface area contributed by atoms with E-state index in [0.717, 1.165) is 29.0 Å². The first-order valence-corrected chi connectivity index (χ1v) is 7.14. The first-order chi connectivity index (χ1) is 8.06. The van der Waals surface area contributed by atoms with E-state index in [9.17, 15) is 0 Å². The van der Waals surface area contributed by atoms with Gasteiger partial charge in [0.2, 0.25) is 0 Å². The zero-order valence-electron chi connectivity index (χ0n) is 9.88. The predicted octanol–water partition coefficient (Wildman–Crippen LogP) is 4.64. The molecule has 0 aromatic heterocycles. The quantitative estimate of drug-likeness (QED) is 0.806. The van der Waals surface area contributed by atoms with Crippen LogP contribution in [0, 0.1) is 5.92 Å². The van der Waals surface area contributed by atoms with Crippen LogP contribution in [-0.2, 0) is 0 Å². The average molecular weight is 319 g/mol. The molecule has 1 aromatic carbocycles. The highest BCUT2D eigenvalue weighted by Crippen LogP contribution is 2.37. The van der Waals surface area contributed by atoms with Crippen LogP contribution in [0.25, 0.3) is 0 Å². The van der Waals surface area contributed by atoms with E-state index >= 15 is 0 Å². The maximum atomic E-state index is 5.99. The molecule has 2 rings (SSSR count). The van der Waals surface area contributed by atoms with Crippen LogP contribution in [0.2, 0.25) is 5.02 Å². The second-order valence-electron chi connectivity index (χ2n) is 4.81. The van der Waals surface area contributed by atoms with Crippen LogP contribution in [0.15, 0.2) is 16.6 Å². The Morgan fingerprint density at radius 3 is 2.53 bits per heavy atom. The summed E-state index contributed by atoms with van der Waals surface area (Å²) >= 11 is 9.37. The van der Waals surface area contributed by atoms with Gasteiger partial charge in [0.1, 0.15) is 0 Å². The van der Waals surface area contributed by atoms with Crippen LogP contribution in [0.3, 0.4) is 0 Å². The van der Waals surface area contributed by atoms with Gasteiger partial charge >= 0.3 is 0 Å². The van der Waals surface area contributed by atoms with Crippen LogP contribution >= 0.6 is 27.5 Å². The Hall–Kier alpha value is -0.410. The number of nitrogen functional groups attached to an aromatic ring is 1. The number of halogens is 2. The number of anilines is 1. The Kier molecular flexibility index (Phi) is 4.21. The van der Waals surface area contributed by atoms with Gasteiger partial charge in [-0.05, 0) is 59.7 Å². The number of hydrogen-bond acceptors (Lipinski definition) is 2. The fourth-order valence-electron chi connectivity index (χ4n) is 2.22. The Labute approximate surface area is 116 Å². The van der Waals surface area contributed by atoms with Crippen LogP contribution in [0.5, 0.6) is 5.75 Å². The average Bonchev–Trinajstić information content (AvgIpc) is 2.26. The van der Waals surface area contributed by atoms with Crippen molar-refractivity contribution in [3.63, 3.8) is 0 Å². The third-order valence-electron chi connectivity index (χ3n) is 3.28. The highest BCUT2D eigenvalue weighted by molar-refractivity contribution is 9.10. The first-order valence-electron chi connectivity index (χ1n) is 5.97. The number of benzene rings is 1. The summed E-state index contributed by atoms with van der Waals surface area (Å²) in [5.74, 6) is 1.55. The fraction of sp³-hybridized carbons (Fsp3) is 0.538. The summed E-state index contributed by atoms with van der Waals surface area (Å²) in [6.07, 6.45) is 4.96. The van der Waals surface area contributed by atoms with Crippen molar-refractivity contribution in [1.29, 1.82) is 0 Å². The van der Waals surface area contributed by atoms with Gasteiger partial charge in [-0.25, -0.2) is 0 Å². The molecule has 0 aliphatic heterocycles. The van der Waals surface area contributed by atoms with Gasteiger partial charge < -0.3 is 10.5 Å². The third kappa shape index (κ3) is 3.29.